The Morgan fingerprint density at radius 2 is 1.65 bits per heavy atom. The van der Waals surface area contributed by atoms with Crippen LogP contribution in [-0.2, 0) is 6.67 Å². The first-order valence-electron chi connectivity index (χ1n) is 6.81. The first-order chi connectivity index (χ1) is 11.1. The van der Waals surface area contributed by atoms with E-state index in [4.69, 9.17) is 23.8 Å². The smallest absolute Gasteiger partial charge is 0.263 e. The highest BCUT2D eigenvalue weighted by Crippen LogP contribution is 2.31. The van der Waals surface area contributed by atoms with Crippen LogP contribution in [0.5, 0.6) is 0 Å². The molecule has 0 atom stereocenters. The monoisotopic (exact) mass is 360 g/mol. The predicted molar refractivity (Wildman–Crippen MR) is 92.6 cm³/mol. The molecule has 114 valence electrons. The summed E-state index contributed by atoms with van der Waals surface area (Å²) in [6.45, 7) is 0.0644. The zero-order valence-electron chi connectivity index (χ0n) is 11.7. The SMILES string of the molecule is O=C1c2ccccc2C(=O)N1Cn1c(=S)sc2cccc(Cl)c21. The third-order valence-electron chi connectivity index (χ3n) is 3.80. The van der Waals surface area contributed by atoms with E-state index in [9.17, 15) is 9.59 Å². The van der Waals surface area contributed by atoms with Gasteiger partial charge in [-0.15, -0.1) is 11.3 Å². The van der Waals surface area contributed by atoms with Gasteiger partial charge in [0.25, 0.3) is 11.8 Å². The number of carbonyl (C=O) groups excluding carboxylic acids is 2. The molecule has 0 aliphatic carbocycles. The van der Waals surface area contributed by atoms with Gasteiger partial charge in [-0.25, -0.2) is 0 Å². The van der Waals surface area contributed by atoms with Crippen LogP contribution in [0.25, 0.3) is 10.2 Å². The van der Waals surface area contributed by atoms with Crippen molar-refractivity contribution in [3.63, 3.8) is 0 Å². The number of nitrogens with zero attached hydrogens (tertiary/aromatic N) is 2. The summed E-state index contributed by atoms with van der Waals surface area (Å²) in [5, 5.41) is 0.548. The molecule has 2 amide bonds. The van der Waals surface area contributed by atoms with Gasteiger partial charge in [-0.2, -0.15) is 0 Å². The Kier molecular flexibility index (Phi) is 3.33. The highest BCUT2D eigenvalue weighted by Gasteiger charge is 2.35. The molecule has 1 aliphatic heterocycles. The number of aromatic nitrogens is 1. The molecule has 0 unspecified atom stereocenters. The van der Waals surface area contributed by atoms with Crippen molar-refractivity contribution in [1.29, 1.82) is 0 Å². The fourth-order valence-electron chi connectivity index (χ4n) is 2.72. The molecule has 0 saturated carbocycles. The molecule has 0 radical (unpaired) electrons. The summed E-state index contributed by atoms with van der Waals surface area (Å²) in [6.07, 6.45) is 0. The van der Waals surface area contributed by atoms with Crippen molar-refractivity contribution in [2.24, 2.45) is 0 Å². The van der Waals surface area contributed by atoms with Crippen molar-refractivity contribution in [2.75, 3.05) is 0 Å². The zero-order chi connectivity index (χ0) is 16.1. The largest absolute Gasteiger partial charge is 0.303 e. The Bertz CT molecular complexity index is 1000. The Hall–Kier alpha value is -2.02. The van der Waals surface area contributed by atoms with E-state index in [0.717, 1.165) is 10.2 Å². The van der Waals surface area contributed by atoms with E-state index >= 15 is 0 Å². The van der Waals surface area contributed by atoms with Crippen molar-refractivity contribution >= 4 is 57.2 Å². The number of rotatable bonds is 2. The number of halogens is 1. The normalized spacial score (nSPS) is 13.9. The lowest BCUT2D eigenvalue weighted by Gasteiger charge is -2.15. The molecule has 4 rings (SSSR count). The Labute approximate surface area is 145 Å². The lowest BCUT2D eigenvalue weighted by atomic mass is 10.1. The minimum Gasteiger partial charge on any atom is -0.303 e. The Morgan fingerprint density at radius 3 is 2.30 bits per heavy atom. The van der Waals surface area contributed by atoms with Gasteiger partial charge in [0.2, 0.25) is 0 Å². The molecule has 0 N–H and O–H groups in total. The number of hydrogen-bond acceptors (Lipinski definition) is 4. The number of para-hydroxylation sites is 1. The number of imide groups is 1. The second-order valence-electron chi connectivity index (χ2n) is 5.11. The van der Waals surface area contributed by atoms with Crippen molar-refractivity contribution in [3.8, 4) is 0 Å². The van der Waals surface area contributed by atoms with Crippen LogP contribution in [0.4, 0.5) is 0 Å². The van der Waals surface area contributed by atoms with Crippen LogP contribution in [-0.4, -0.2) is 21.3 Å². The van der Waals surface area contributed by atoms with Crippen molar-refractivity contribution in [1.82, 2.24) is 9.47 Å². The molecule has 1 aliphatic rings. The Morgan fingerprint density at radius 1 is 1.00 bits per heavy atom. The molecule has 0 fully saturated rings. The fraction of sp³-hybridized carbons (Fsp3) is 0.0625. The number of benzene rings is 2. The molecular weight excluding hydrogens is 352 g/mol. The third kappa shape index (κ3) is 2.14. The van der Waals surface area contributed by atoms with E-state index in [-0.39, 0.29) is 18.5 Å². The van der Waals surface area contributed by atoms with E-state index in [1.807, 2.05) is 12.1 Å². The maximum Gasteiger partial charge on any atom is 0.263 e. The molecule has 1 aromatic heterocycles. The number of amides is 2. The summed E-state index contributed by atoms with van der Waals surface area (Å²) in [4.78, 5) is 26.2. The minimum absolute atomic E-state index is 0.0644. The summed E-state index contributed by atoms with van der Waals surface area (Å²) in [5.74, 6) is -0.613. The molecule has 4 nitrogen and oxygen atoms in total. The molecule has 23 heavy (non-hydrogen) atoms. The van der Waals surface area contributed by atoms with Crippen LogP contribution in [0.1, 0.15) is 20.7 Å². The van der Waals surface area contributed by atoms with Crippen LogP contribution in [0.3, 0.4) is 0 Å². The maximum atomic E-state index is 12.5. The van der Waals surface area contributed by atoms with Crippen molar-refractivity contribution in [2.45, 2.75) is 6.67 Å². The van der Waals surface area contributed by atoms with Gasteiger partial charge in [0.15, 0.2) is 3.95 Å². The number of carbonyl (C=O) groups is 2. The molecule has 0 saturated heterocycles. The van der Waals surface area contributed by atoms with Gasteiger partial charge in [0, 0.05) is 0 Å². The lowest BCUT2D eigenvalue weighted by molar-refractivity contribution is 0.0608. The van der Waals surface area contributed by atoms with Gasteiger partial charge >= 0.3 is 0 Å². The first kappa shape index (κ1) is 14.6. The van der Waals surface area contributed by atoms with Crippen molar-refractivity contribution in [3.05, 3.63) is 62.6 Å². The second-order valence-corrected chi connectivity index (χ2v) is 7.19. The van der Waals surface area contributed by atoms with Gasteiger partial charge in [0.05, 0.1) is 26.4 Å². The zero-order valence-corrected chi connectivity index (χ0v) is 14.0. The minimum atomic E-state index is -0.307. The molecule has 3 aromatic rings. The van der Waals surface area contributed by atoms with E-state index in [0.29, 0.717) is 20.1 Å². The van der Waals surface area contributed by atoms with Gasteiger partial charge in [0.1, 0.15) is 6.67 Å². The highest BCUT2D eigenvalue weighted by molar-refractivity contribution is 7.73. The summed E-state index contributed by atoms with van der Waals surface area (Å²) in [7, 11) is 0. The molecule has 0 bridgehead atoms. The molecule has 0 spiro atoms. The highest BCUT2D eigenvalue weighted by atomic mass is 35.5. The van der Waals surface area contributed by atoms with Crippen LogP contribution in [0.2, 0.25) is 5.02 Å². The molecule has 2 aromatic carbocycles. The van der Waals surface area contributed by atoms with E-state index in [1.165, 1.54) is 16.2 Å². The van der Waals surface area contributed by atoms with Gasteiger partial charge in [-0.3, -0.25) is 14.5 Å². The number of thiazole rings is 1. The lowest BCUT2D eigenvalue weighted by Crippen LogP contribution is -2.31. The van der Waals surface area contributed by atoms with Gasteiger partial charge in [-0.05, 0) is 36.5 Å². The average molecular weight is 361 g/mol. The molecular formula is C16H9ClN2O2S2. The molecule has 2 heterocycles. The van der Waals surface area contributed by atoms with Gasteiger partial charge in [-0.1, -0.05) is 29.8 Å². The quantitative estimate of drug-likeness (QED) is 0.504. The summed E-state index contributed by atoms with van der Waals surface area (Å²) < 4.78 is 3.24. The standard InChI is InChI=1S/C16H9ClN2O2S2/c17-11-6-3-7-12-13(11)18(16(22)23-12)8-19-14(20)9-4-1-2-5-10(9)15(19)21/h1-7H,8H2. The van der Waals surface area contributed by atoms with E-state index < -0.39 is 0 Å². The Balaban J connectivity index is 1.82. The van der Waals surface area contributed by atoms with Crippen LogP contribution < -0.4 is 0 Å². The van der Waals surface area contributed by atoms with Crippen molar-refractivity contribution < 1.29 is 9.59 Å². The predicted octanol–water partition coefficient (Wildman–Crippen LogP) is 4.34. The van der Waals surface area contributed by atoms with Gasteiger partial charge < -0.3 is 4.57 Å². The first-order valence-corrected chi connectivity index (χ1v) is 8.41. The van der Waals surface area contributed by atoms with E-state index in [2.05, 4.69) is 0 Å². The summed E-state index contributed by atoms with van der Waals surface area (Å²) >= 11 is 13.1. The number of hydrogen-bond donors (Lipinski definition) is 0. The van der Waals surface area contributed by atoms with Crippen LogP contribution >= 0.6 is 35.2 Å². The average Bonchev–Trinajstić information content (AvgIpc) is 2.99. The van der Waals surface area contributed by atoms with Crippen LogP contribution in [0.15, 0.2) is 42.5 Å². The molecule has 7 heteroatoms. The third-order valence-corrected chi connectivity index (χ3v) is 5.52. The van der Waals surface area contributed by atoms with Crippen LogP contribution in [0, 0.1) is 3.95 Å². The fourth-order valence-corrected chi connectivity index (χ4v) is 4.38. The summed E-state index contributed by atoms with van der Waals surface area (Å²) in [6, 6.07) is 12.3. The topological polar surface area (TPSA) is 42.3 Å². The number of fused-ring (bicyclic) bond motifs is 2. The summed E-state index contributed by atoms with van der Waals surface area (Å²) in [5.41, 5.74) is 1.60. The maximum absolute atomic E-state index is 12.5. The van der Waals surface area contributed by atoms with E-state index in [1.54, 1.807) is 34.9 Å². The second kappa shape index (κ2) is 5.26.